The first kappa shape index (κ1) is 11.3. The van der Waals surface area contributed by atoms with Gasteiger partial charge in [0, 0.05) is 11.1 Å². The minimum atomic E-state index is -0.821. The van der Waals surface area contributed by atoms with Gasteiger partial charge in [0.05, 0.1) is 0 Å². The van der Waals surface area contributed by atoms with Gasteiger partial charge in [-0.25, -0.2) is 0 Å². The molecule has 2 aromatic rings. The van der Waals surface area contributed by atoms with Crippen LogP contribution >= 0.6 is 11.3 Å². The zero-order valence-corrected chi connectivity index (χ0v) is 9.96. The van der Waals surface area contributed by atoms with Crippen molar-refractivity contribution in [2.24, 2.45) is 0 Å². The van der Waals surface area contributed by atoms with Gasteiger partial charge in [-0.15, -0.1) is 11.3 Å². The van der Waals surface area contributed by atoms with Crippen LogP contribution in [0, 0.1) is 0 Å². The molecule has 1 aromatic heterocycles. The molecule has 0 amide bonds. The van der Waals surface area contributed by atoms with Crippen LogP contribution in [0.25, 0.3) is 10.1 Å². The Hall–Kier alpha value is -1.19. The van der Waals surface area contributed by atoms with Crippen LogP contribution in [0.15, 0.2) is 29.6 Å². The molecule has 0 saturated carbocycles. The van der Waals surface area contributed by atoms with Crippen LogP contribution in [-0.2, 0) is 11.2 Å². The van der Waals surface area contributed by atoms with Crippen molar-refractivity contribution in [2.45, 2.75) is 25.9 Å². The van der Waals surface area contributed by atoms with Gasteiger partial charge in [-0.05, 0) is 28.8 Å². The second-order valence-electron chi connectivity index (χ2n) is 3.82. The van der Waals surface area contributed by atoms with Gasteiger partial charge in [-0.1, -0.05) is 25.1 Å². The molecule has 0 saturated heterocycles. The van der Waals surface area contributed by atoms with Crippen molar-refractivity contribution < 1.29 is 9.90 Å². The molecule has 0 aliphatic rings. The van der Waals surface area contributed by atoms with Crippen LogP contribution in [0.4, 0.5) is 0 Å². The highest BCUT2D eigenvalue weighted by Crippen LogP contribution is 2.26. The summed E-state index contributed by atoms with van der Waals surface area (Å²) in [7, 11) is 0. The van der Waals surface area contributed by atoms with E-state index in [9.17, 15) is 9.90 Å². The lowest BCUT2D eigenvalue weighted by Gasteiger charge is -2.05. The van der Waals surface area contributed by atoms with E-state index in [1.54, 1.807) is 11.3 Å². The normalized spacial score (nSPS) is 12.9. The minimum absolute atomic E-state index is 0.0916. The number of hydrogen-bond acceptors (Lipinski definition) is 3. The fourth-order valence-corrected chi connectivity index (χ4v) is 2.67. The molecule has 84 valence electrons. The Kier molecular flexibility index (Phi) is 3.36. The van der Waals surface area contributed by atoms with Gasteiger partial charge in [-0.2, -0.15) is 0 Å². The van der Waals surface area contributed by atoms with Crippen LogP contribution in [-0.4, -0.2) is 17.0 Å². The maximum atomic E-state index is 11.6. The van der Waals surface area contributed by atoms with E-state index in [1.165, 1.54) is 4.70 Å². The maximum Gasteiger partial charge on any atom is 0.165 e. The standard InChI is InChI=1S/C13H14O2S/c1-2-11(14)12(15)7-9-8-16-13-6-4-3-5-10(9)13/h3-6,8,11,14H,2,7H2,1H3. The number of fused-ring (bicyclic) bond motifs is 1. The zero-order valence-electron chi connectivity index (χ0n) is 9.14. The highest BCUT2D eigenvalue weighted by atomic mass is 32.1. The molecule has 0 fully saturated rings. The number of aliphatic hydroxyl groups excluding tert-OH is 1. The molecule has 2 rings (SSSR count). The molecule has 1 atom stereocenters. The molecule has 1 unspecified atom stereocenters. The quantitative estimate of drug-likeness (QED) is 0.883. The van der Waals surface area contributed by atoms with Crippen molar-refractivity contribution in [1.29, 1.82) is 0 Å². The second kappa shape index (κ2) is 4.76. The molecule has 2 nitrogen and oxygen atoms in total. The Balaban J connectivity index is 2.25. The Morgan fingerprint density at radius 2 is 2.19 bits per heavy atom. The summed E-state index contributed by atoms with van der Waals surface area (Å²) in [5.41, 5.74) is 1.03. The maximum absolute atomic E-state index is 11.6. The first-order chi connectivity index (χ1) is 7.72. The number of Topliss-reactive ketones (excluding diaryl/α,β-unsaturated/α-hetero) is 1. The molecule has 16 heavy (non-hydrogen) atoms. The average molecular weight is 234 g/mol. The zero-order chi connectivity index (χ0) is 11.5. The summed E-state index contributed by atoms with van der Waals surface area (Å²) in [5, 5.41) is 12.6. The smallest absolute Gasteiger partial charge is 0.165 e. The van der Waals surface area contributed by atoms with Gasteiger partial charge < -0.3 is 5.11 Å². The average Bonchev–Trinajstić information content (AvgIpc) is 2.72. The first-order valence-corrected chi connectivity index (χ1v) is 6.26. The first-order valence-electron chi connectivity index (χ1n) is 5.38. The second-order valence-corrected chi connectivity index (χ2v) is 4.74. The van der Waals surface area contributed by atoms with E-state index in [0.29, 0.717) is 12.8 Å². The summed E-state index contributed by atoms with van der Waals surface area (Å²) in [4.78, 5) is 11.6. The Labute approximate surface area is 98.5 Å². The summed E-state index contributed by atoms with van der Waals surface area (Å²) >= 11 is 1.64. The summed E-state index contributed by atoms with van der Waals surface area (Å²) in [6.45, 7) is 1.81. The van der Waals surface area contributed by atoms with Crippen LogP contribution in [0.3, 0.4) is 0 Å². The number of carbonyl (C=O) groups excluding carboxylic acids is 1. The molecule has 0 radical (unpaired) electrons. The monoisotopic (exact) mass is 234 g/mol. The Bertz CT molecular complexity index is 501. The molecule has 1 aromatic carbocycles. The molecular formula is C13H14O2S. The third-order valence-electron chi connectivity index (χ3n) is 2.68. The van der Waals surface area contributed by atoms with Crippen LogP contribution in [0.5, 0.6) is 0 Å². The lowest BCUT2D eigenvalue weighted by Crippen LogP contribution is -2.20. The van der Waals surface area contributed by atoms with Crippen molar-refractivity contribution in [1.82, 2.24) is 0 Å². The predicted molar refractivity (Wildman–Crippen MR) is 66.8 cm³/mol. The number of carbonyl (C=O) groups is 1. The van der Waals surface area contributed by atoms with E-state index in [1.807, 2.05) is 36.6 Å². The third-order valence-corrected chi connectivity index (χ3v) is 3.70. The number of rotatable bonds is 4. The van der Waals surface area contributed by atoms with Gasteiger partial charge in [0.2, 0.25) is 0 Å². The molecule has 3 heteroatoms. The summed E-state index contributed by atoms with van der Waals surface area (Å²) < 4.78 is 1.19. The van der Waals surface area contributed by atoms with Gasteiger partial charge in [-0.3, -0.25) is 4.79 Å². The number of hydrogen-bond donors (Lipinski definition) is 1. The highest BCUT2D eigenvalue weighted by molar-refractivity contribution is 7.17. The number of ketones is 1. The molecular weight excluding hydrogens is 220 g/mol. The number of benzene rings is 1. The van der Waals surface area contributed by atoms with Crippen LogP contribution < -0.4 is 0 Å². The molecule has 0 aliphatic carbocycles. The van der Waals surface area contributed by atoms with E-state index in [4.69, 9.17) is 0 Å². The number of aliphatic hydroxyl groups is 1. The highest BCUT2D eigenvalue weighted by Gasteiger charge is 2.15. The summed E-state index contributed by atoms with van der Waals surface area (Å²) in [5.74, 6) is -0.0916. The van der Waals surface area contributed by atoms with Crippen molar-refractivity contribution in [3.05, 3.63) is 35.2 Å². The van der Waals surface area contributed by atoms with Crippen LogP contribution in [0.2, 0.25) is 0 Å². The summed E-state index contributed by atoms with van der Waals surface area (Å²) in [6, 6.07) is 8.03. The SMILES string of the molecule is CCC(O)C(=O)Cc1csc2ccccc12. The van der Waals surface area contributed by atoms with Crippen molar-refractivity contribution in [2.75, 3.05) is 0 Å². The number of thiophene rings is 1. The van der Waals surface area contributed by atoms with Gasteiger partial charge >= 0.3 is 0 Å². The van der Waals surface area contributed by atoms with Gasteiger partial charge in [0.15, 0.2) is 5.78 Å². The Morgan fingerprint density at radius 3 is 2.94 bits per heavy atom. The molecule has 1 heterocycles. The van der Waals surface area contributed by atoms with Crippen molar-refractivity contribution in [3.8, 4) is 0 Å². The fraction of sp³-hybridized carbons (Fsp3) is 0.308. The lowest BCUT2D eigenvalue weighted by atomic mass is 10.0. The minimum Gasteiger partial charge on any atom is -0.385 e. The molecule has 0 aliphatic heterocycles. The largest absolute Gasteiger partial charge is 0.385 e. The van der Waals surface area contributed by atoms with E-state index in [-0.39, 0.29) is 5.78 Å². The molecule has 1 N–H and O–H groups in total. The summed E-state index contributed by atoms with van der Waals surface area (Å²) in [6.07, 6.45) is -0.00132. The fourth-order valence-electron chi connectivity index (χ4n) is 1.70. The van der Waals surface area contributed by atoms with Crippen LogP contribution in [0.1, 0.15) is 18.9 Å². The Morgan fingerprint density at radius 1 is 1.44 bits per heavy atom. The van der Waals surface area contributed by atoms with E-state index in [0.717, 1.165) is 10.9 Å². The molecule has 0 spiro atoms. The van der Waals surface area contributed by atoms with Gasteiger partial charge in [0.25, 0.3) is 0 Å². The van der Waals surface area contributed by atoms with E-state index >= 15 is 0 Å². The van der Waals surface area contributed by atoms with E-state index < -0.39 is 6.10 Å². The van der Waals surface area contributed by atoms with Gasteiger partial charge in [0.1, 0.15) is 6.10 Å². The lowest BCUT2D eigenvalue weighted by molar-refractivity contribution is -0.126. The van der Waals surface area contributed by atoms with E-state index in [2.05, 4.69) is 0 Å². The molecule has 0 bridgehead atoms. The third kappa shape index (κ3) is 2.15. The topological polar surface area (TPSA) is 37.3 Å². The predicted octanol–water partition coefficient (Wildman–Crippen LogP) is 2.78. The van der Waals surface area contributed by atoms with Crippen molar-refractivity contribution in [3.63, 3.8) is 0 Å². The van der Waals surface area contributed by atoms with Crippen molar-refractivity contribution >= 4 is 27.2 Å².